The monoisotopic (exact) mass is 388 g/mol. The Labute approximate surface area is 172 Å². The maximum absolute atomic E-state index is 12.6. The summed E-state index contributed by atoms with van der Waals surface area (Å²) in [5, 5.41) is 3.90. The third-order valence-electron chi connectivity index (χ3n) is 4.75. The van der Waals surface area contributed by atoms with Crippen molar-refractivity contribution < 1.29 is 9.53 Å². The molecule has 1 aromatic heterocycles. The van der Waals surface area contributed by atoms with Gasteiger partial charge in [-0.05, 0) is 62.6 Å². The largest absolute Gasteiger partial charge is 0.494 e. The molecule has 0 aliphatic carbocycles. The highest BCUT2D eigenvalue weighted by atomic mass is 16.5. The number of unbranched alkanes of at least 4 members (excludes halogenated alkanes) is 4. The van der Waals surface area contributed by atoms with E-state index in [2.05, 4.69) is 16.9 Å². The van der Waals surface area contributed by atoms with Crippen molar-refractivity contribution in [2.75, 3.05) is 11.9 Å². The summed E-state index contributed by atoms with van der Waals surface area (Å²) in [7, 11) is 0. The molecule has 3 aromatic rings. The van der Waals surface area contributed by atoms with E-state index in [1.165, 1.54) is 12.8 Å². The molecule has 0 atom stereocenters. The molecule has 0 bridgehead atoms. The number of hydrogen-bond acceptors (Lipinski definition) is 3. The second kappa shape index (κ2) is 10.4. The number of anilines is 1. The Morgan fingerprint density at radius 2 is 1.93 bits per heavy atom. The molecular weight excluding hydrogens is 360 g/mol. The van der Waals surface area contributed by atoms with Crippen LogP contribution in [-0.4, -0.2) is 17.5 Å². The van der Waals surface area contributed by atoms with E-state index in [1.807, 2.05) is 61.5 Å². The Kier molecular flexibility index (Phi) is 7.40. The van der Waals surface area contributed by atoms with Crippen molar-refractivity contribution in [3.63, 3.8) is 0 Å². The van der Waals surface area contributed by atoms with Crippen LogP contribution in [0.3, 0.4) is 0 Å². The van der Waals surface area contributed by atoms with E-state index < -0.39 is 0 Å². The zero-order valence-electron chi connectivity index (χ0n) is 17.0. The molecule has 0 spiro atoms. The predicted molar refractivity (Wildman–Crippen MR) is 120 cm³/mol. The van der Waals surface area contributed by atoms with Crippen LogP contribution in [0.4, 0.5) is 5.69 Å². The summed E-state index contributed by atoms with van der Waals surface area (Å²) in [6.07, 6.45) is 7.61. The summed E-state index contributed by atoms with van der Waals surface area (Å²) in [5.41, 5.74) is 3.18. The molecule has 0 aliphatic rings. The van der Waals surface area contributed by atoms with E-state index in [0.717, 1.165) is 47.3 Å². The third kappa shape index (κ3) is 6.18. The summed E-state index contributed by atoms with van der Waals surface area (Å²) in [5.74, 6) is 0.624. The van der Waals surface area contributed by atoms with Gasteiger partial charge in [-0.15, -0.1) is 6.58 Å². The highest BCUT2D eigenvalue weighted by Gasteiger charge is 2.08. The molecule has 29 heavy (non-hydrogen) atoms. The molecule has 0 aliphatic heterocycles. The summed E-state index contributed by atoms with van der Waals surface area (Å²) < 4.78 is 5.83. The van der Waals surface area contributed by atoms with Gasteiger partial charge < -0.3 is 10.1 Å². The molecule has 2 aromatic carbocycles. The van der Waals surface area contributed by atoms with Gasteiger partial charge in [-0.2, -0.15) is 0 Å². The third-order valence-corrected chi connectivity index (χ3v) is 4.75. The highest BCUT2D eigenvalue weighted by Crippen LogP contribution is 2.20. The van der Waals surface area contributed by atoms with E-state index in [-0.39, 0.29) is 5.91 Å². The van der Waals surface area contributed by atoms with Crippen LogP contribution >= 0.6 is 0 Å². The Morgan fingerprint density at radius 3 is 2.79 bits per heavy atom. The van der Waals surface area contributed by atoms with Gasteiger partial charge in [-0.1, -0.05) is 31.1 Å². The lowest BCUT2D eigenvalue weighted by atomic mass is 10.1. The molecule has 0 radical (unpaired) electrons. The molecule has 1 N–H and O–H groups in total. The van der Waals surface area contributed by atoms with E-state index >= 15 is 0 Å². The summed E-state index contributed by atoms with van der Waals surface area (Å²) in [6, 6.07) is 17.0. The summed E-state index contributed by atoms with van der Waals surface area (Å²) in [6.45, 7) is 6.38. The number of pyridine rings is 1. The number of nitrogens with zero attached hydrogens (tertiary/aromatic N) is 1. The SMILES string of the molecule is C=CCCCCCCOc1cccc(NC(=O)c2ccc3nc(C)ccc3c2)c1. The van der Waals surface area contributed by atoms with Gasteiger partial charge in [0, 0.05) is 28.4 Å². The topological polar surface area (TPSA) is 51.2 Å². The zero-order valence-corrected chi connectivity index (χ0v) is 17.0. The van der Waals surface area contributed by atoms with Crippen molar-refractivity contribution in [3.05, 3.63) is 78.5 Å². The van der Waals surface area contributed by atoms with Gasteiger partial charge in [-0.3, -0.25) is 9.78 Å². The fourth-order valence-corrected chi connectivity index (χ4v) is 3.17. The van der Waals surface area contributed by atoms with E-state index in [9.17, 15) is 4.79 Å². The van der Waals surface area contributed by atoms with Crippen LogP contribution in [0.5, 0.6) is 5.75 Å². The predicted octanol–water partition coefficient (Wildman–Crippen LogP) is 6.31. The minimum Gasteiger partial charge on any atom is -0.494 e. The normalized spacial score (nSPS) is 10.7. The molecule has 0 saturated carbocycles. The number of fused-ring (bicyclic) bond motifs is 1. The fraction of sp³-hybridized carbons (Fsp3) is 0.280. The first-order valence-electron chi connectivity index (χ1n) is 10.2. The molecule has 1 amide bonds. The van der Waals surface area contributed by atoms with Crippen molar-refractivity contribution in [3.8, 4) is 5.75 Å². The number of benzene rings is 2. The Morgan fingerprint density at radius 1 is 1.07 bits per heavy atom. The summed E-state index contributed by atoms with van der Waals surface area (Å²) in [4.78, 5) is 17.1. The molecule has 3 rings (SSSR count). The first kappa shape index (κ1) is 20.6. The van der Waals surface area contributed by atoms with Crippen LogP contribution in [0, 0.1) is 6.92 Å². The van der Waals surface area contributed by atoms with Gasteiger partial charge in [-0.25, -0.2) is 0 Å². The van der Waals surface area contributed by atoms with Crippen LogP contribution in [0.25, 0.3) is 10.9 Å². The lowest BCUT2D eigenvalue weighted by Gasteiger charge is -2.10. The number of nitrogens with one attached hydrogen (secondary N) is 1. The van der Waals surface area contributed by atoms with E-state index in [1.54, 1.807) is 6.07 Å². The second-order valence-corrected chi connectivity index (χ2v) is 7.18. The van der Waals surface area contributed by atoms with Crippen LogP contribution < -0.4 is 10.1 Å². The number of amides is 1. The maximum Gasteiger partial charge on any atom is 0.255 e. The number of allylic oxidation sites excluding steroid dienone is 1. The maximum atomic E-state index is 12.6. The average Bonchev–Trinajstić information content (AvgIpc) is 2.73. The zero-order chi connectivity index (χ0) is 20.5. The number of hydrogen-bond donors (Lipinski definition) is 1. The van der Waals surface area contributed by atoms with Crippen LogP contribution in [0.2, 0.25) is 0 Å². The number of ether oxygens (including phenoxy) is 1. The lowest BCUT2D eigenvalue weighted by molar-refractivity contribution is 0.102. The van der Waals surface area contributed by atoms with Crippen molar-refractivity contribution in [1.29, 1.82) is 0 Å². The molecule has 4 heteroatoms. The van der Waals surface area contributed by atoms with Crippen molar-refractivity contribution in [1.82, 2.24) is 4.98 Å². The average molecular weight is 389 g/mol. The van der Waals surface area contributed by atoms with Crippen molar-refractivity contribution in [2.24, 2.45) is 0 Å². The number of rotatable bonds is 10. The Balaban J connectivity index is 1.54. The second-order valence-electron chi connectivity index (χ2n) is 7.18. The van der Waals surface area contributed by atoms with Crippen LogP contribution in [0.1, 0.15) is 48.2 Å². The number of carbonyl (C=O) groups is 1. The Hall–Kier alpha value is -3.14. The quantitative estimate of drug-likeness (QED) is 0.327. The van der Waals surface area contributed by atoms with Crippen LogP contribution in [-0.2, 0) is 0 Å². The van der Waals surface area contributed by atoms with Gasteiger partial charge in [0.05, 0.1) is 12.1 Å². The lowest BCUT2D eigenvalue weighted by Crippen LogP contribution is -2.12. The standard InChI is InChI=1S/C25H28N2O2/c1-3-4-5-6-7-8-16-29-23-11-9-10-22(18-23)27-25(28)21-14-15-24-20(17-21)13-12-19(2)26-24/h3,9-15,17-18H,1,4-8,16H2,2H3,(H,27,28). The minimum atomic E-state index is -0.146. The minimum absolute atomic E-state index is 0.146. The van der Waals surface area contributed by atoms with Gasteiger partial charge in [0.25, 0.3) is 5.91 Å². The van der Waals surface area contributed by atoms with Gasteiger partial charge in [0.2, 0.25) is 0 Å². The molecule has 0 fully saturated rings. The molecule has 0 saturated heterocycles. The number of aryl methyl sites for hydroxylation is 1. The van der Waals surface area contributed by atoms with Crippen LogP contribution in [0.15, 0.2) is 67.3 Å². The van der Waals surface area contributed by atoms with Gasteiger partial charge in [0.1, 0.15) is 5.75 Å². The fourth-order valence-electron chi connectivity index (χ4n) is 3.17. The Bertz CT molecular complexity index is 981. The molecular formula is C25H28N2O2. The first-order valence-corrected chi connectivity index (χ1v) is 10.2. The molecule has 0 unspecified atom stereocenters. The summed E-state index contributed by atoms with van der Waals surface area (Å²) >= 11 is 0. The highest BCUT2D eigenvalue weighted by molar-refractivity contribution is 6.06. The van der Waals surface area contributed by atoms with Gasteiger partial charge >= 0.3 is 0 Å². The number of carbonyl (C=O) groups excluding carboxylic acids is 1. The van der Waals surface area contributed by atoms with E-state index in [0.29, 0.717) is 12.2 Å². The molecule has 4 nitrogen and oxygen atoms in total. The number of aromatic nitrogens is 1. The van der Waals surface area contributed by atoms with Crippen molar-refractivity contribution >= 4 is 22.5 Å². The van der Waals surface area contributed by atoms with E-state index in [4.69, 9.17) is 4.74 Å². The smallest absolute Gasteiger partial charge is 0.255 e. The first-order chi connectivity index (χ1) is 14.2. The van der Waals surface area contributed by atoms with Crippen molar-refractivity contribution in [2.45, 2.75) is 39.0 Å². The molecule has 1 heterocycles. The molecule has 150 valence electrons. The van der Waals surface area contributed by atoms with Gasteiger partial charge in [0.15, 0.2) is 0 Å².